The fourth-order valence-electron chi connectivity index (χ4n) is 7.87. The Kier molecular flexibility index (Phi) is 7.56. The number of esters is 4. The summed E-state index contributed by atoms with van der Waals surface area (Å²) < 4.78 is 30.0. The summed E-state index contributed by atoms with van der Waals surface area (Å²) >= 11 is 0. The predicted octanol–water partition coefficient (Wildman–Crippen LogP) is 3.39. The number of hydrogen-bond acceptors (Lipinski definition) is 11. The summed E-state index contributed by atoms with van der Waals surface area (Å²) in [4.78, 5) is 69.0. The lowest BCUT2D eigenvalue weighted by Crippen LogP contribution is -2.43. The molecule has 1 aromatic heterocycles. The predicted molar refractivity (Wildman–Crippen MR) is 149 cm³/mol. The quantitative estimate of drug-likeness (QED) is 0.213. The van der Waals surface area contributed by atoms with Crippen molar-refractivity contribution in [1.29, 1.82) is 0 Å². The molecular weight excluding hydrogens is 558 g/mol. The zero-order chi connectivity index (χ0) is 31.6. The second-order valence-corrected chi connectivity index (χ2v) is 13.1. The number of hydrogen-bond donors (Lipinski definition) is 0. The van der Waals surface area contributed by atoms with Crippen LogP contribution in [0.4, 0.5) is 0 Å². The first-order chi connectivity index (χ1) is 20.1. The van der Waals surface area contributed by atoms with Gasteiger partial charge in [-0.3, -0.25) is 24.2 Å². The molecule has 1 aromatic rings. The molecule has 10 atom stereocenters. The molecule has 2 saturated carbocycles. The smallest absolute Gasteiger partial charge is 0.340 e. The number of ketones is 1. The van der Waals surface area contributed by atoms with Crippen LogP contribution in [0.2, 0.25) is 0 Å². The van der Waals surface area contributed by atoms with Gasteiger partial charge in [0.05, 0.1) is 11.5 Å². The number of fused-ring (bicyclic) bond motifs is 1. The summed E-state index contributed by atoms with van der Waals surface area (Å²) in [5, 5.41) is 0. The summed E-state index contributed by atoms with van der Waals surface area (Å²) in [6, 6.07) is 3.17. The van der Waals surface area contributed by atoms with Crippen LogP contribution in [0, 0.1) is 29.1 Å². The molecule has 43 heavy (non-hydrogen) atoms. The summed E-state index contributed by atoms with van der Waals surface area (Å²) in [6.45, 7) is 13.0. The Labute approximate surface area is 250 Å². The molecule has 11 nitrogen and oxygen atoms in total. The number of aromatic nitrogens is 1. The monoisotopic (exact) mass is 597 g/mol. The van der Waals surface area contributed by atoms with Gasteiger partial charge >= 0.3 is 23.9 Å². The van der Waals surface area contributed by atoms with E-state index in [0.29, 0.717) is 5.57 Å². The van der Waals surface area contributed by atoms with Gasteiger partial charge in [0.2, 0.25) is 0 Å². The Bertz CT molecular complexity index is 1390. The minimum Gasteiger partial charge on any atom is -0.461 e. The van der Waals surface area contributed by atoms with Crippen molar-refractivity contribution in [3.05, 3.63) is 41.7 Å². The van der Waals surface area contributed by atoms with Crippen LogP contribution in [0.15, 0.2) is 36.2 Å². The minimum absolute atomic E-state index is 0.206. The molecule has 5 rings (SSSR count). The molecule has 4 aliphatic rings. The number of rotatable bonds is 5. The number of pyridine rings is 1. The third kappa shape index (κ3) is 4.95. The van der Waals surface area contributed by atoms with E-state index in [0.717, 1.165) is 0 Å². The standard InChI is InChI=1S/C32H39NO10/c1-15-12-32-28(41-20(6)36)16(2)13-31(32,43-32)27(37)17(3)25(40-19(5)35)22-23(30(22,7)8)26(24(15)39-18(4)34)42-29(38)21-10-9-11-33-14-21/h9-12,14,16-17,22-26,28H,13H2,1-8H3/b15-12-/t16-,17-,22-,23+,24+,25-,26+,28-,31-,32-/m0/s1. The number of Topliss-reactive ketones (excluding diaryl/α,β-unsaturated/α-hetero) is 1. The van der Waals surface area contributed by atoms with Gasteiger partial charge in [-0.05, 0) is 48.5 Å². The Morgan fingerprint density at radius 2 is 1.56 bits per heavy atom. The molecule has 3 fully saturated rings. The molecule has 0 N–H and O–H groups in total. The van der Waals surface area contributed by atoms with Crippen molar-refractivity contribution in [3.63, 3.8) is 0 Å². The van der Waals surface area contributed by atoms with E-state index in [1.807, 2.05) is 20.8 Å². The minimum atomic E-state index is -1.34. The summed E-state index contributed by atoms with van der Waals surface area (Å²) in [5.41, 5.74) is -2.59. The lowest BCUT2D eigenvalue weighted by atomic mass is 9.80. The highest BCUT2D eigenvalue weighted by Crippen LogP contribution is 2.69. The number of epoxide rings is 1. The van der Waals surface area contributed by atoms with Crippen LogP contribution in [0.25, 0.3) is 0 Å². The van der Waals surface area contributed by atoms with Gasteiger partial charge < -0.3 is 23.7 Å². The van der Waals surface area contributed by atoms with Gasteiger partial charge in [-0.2, -0.15) is 0 Å². The van der Waals surface area contributed by atoms with Gasteiger partial charge in [0.25, 0.3) is 0 Å². The van der Waals surface area contributed by atoms with Gasteiger partial charge in [-0.1, -0.05) is 27.7 Å². The Hall–Kier alpha value is -3.60. The highest BCUT2D eigenvalue weighted by atomic mass is 16.7. The third-order valence-corrected chi connectivity index (χ3v) is 9.71. The molecule has 0 radical (unpaired) electrons. The van der Waals surface area contributed by atoms with Crippen molar-refractivity contribution in [1.82, 2.24) is 4.98 Å². The molecule has 1 saturated heterocycles. The van der Waals surface area contributed by atoms with Crippen LogP contribution in [0.5, 0.6) is 0 Å². The first kappa shape index (κ1) is 30.8. The highest BCUT2D eigenvalue weighted by molar-refractivity contribution is 5.96. The van der Waals surface area contributed by atoms with Crippen LogP contribution in [-0.4, -0.2) is 70.3 Å². The Morgan fingerprint density at radius 1 is 0.930 bits per heavy atom. The van der Waals surface area contributed by atoms with E-state index >= 15 is 0 Å². The molecule has 0 amide bonds. The SMILES string of the molecule is CC(=O)O[C@@H]1[C@@H]2[C@H]([C@@H](OC(=O)c3cccnc3)[C@H](OC(C)=O)/C(C)=C\[C@@]34O[C@@]3(C[C@H](C)[C@@H]4OC(C)=O)C(=O)[C@H]1C)C2(C)C. The van der Waals surface area contributed by atoms with E-state index in [1.54, 1.807) is 32.1 Å². The molecule has 1 aliphatic heterocycles. The number of ether oxygens (including phenoxy) is 5. The number of nitrogens with zero attached hydrogens (tertiary/aromatic N) is 1. The van der Waals surface area contributed by atoms with Crippen molar-refractivity contribution < 1.29 is 47.7 Å². The molecule has 2 heterocycles. The highest BCUT2D eigenvalue weighted by Gasteiger charge is 2.84. The Morgan fingerprint density at radius 3 is 2.14 bits per heavy atom. The van der Waals surface area contributed by atoms with Crippen molar-refractivity contribution in [2.75, 3.05) is 0 Å². The summed E-state index contributed by atoms with van der Waals surface area (Å²) in [5.74, 6) is -4.58. The van der Waals surface area contributed by atoms with Gasteiger partial charge in [-0.25, -0.2) is 4.79 Å². The third-order valence-electron chi connectivity index (χ3n) is 9.71. The van der Waals surface area contributed by atoms with Gasteiger partial charge in [0, 0.05) is 45.0 Å². The van der Waals surface area contributed by atoms with E-state index in [-0.39, 0.29) is 23.7 Å². The second-order valence-electron chi connectivity index (χ2n) is 13.1. The molecule has 0 spiro atoms. The van der Waals surface area contributed by atoms with Crippen molar-refractivity contribution >= 4 is 29.7 Å². The van der Waals surface area contributed by atoms with E-state index in [1.165, 1.54) is 33.2 Å². The number of carbonyl (C=O) groups excluding carboxylic acids is 5. The van der Waals surface area contributed by atoms with Crippen molar-refractivity contribution in [2.45, 2.75) is 97.4 Å². The Balaban J connectivity index is 1.69. The van der Waals surface area contributed by atoms with Crippen LogP contribution in [0.3, 0.4) is 0 Å². The van der Waals surface area contributed by atoms with Gasteiger partial charge in [0.1, 0.15) is 18.3 Å². The van der Waals surface area contributed by atoms with E-state index < -0.39 is 82.7 Å². The molecular formula is C32H39NO10. The number of carbonyl (C=O) groups is 5. The largest absolute Gasteiger partial charge is 0.461 e. The topological polar surface area (TPSA) is 148 Å². The average molecular weight is 598 g/mol. The molecule has 232 valence electrons. The summed E-state index contributed by atoms with van der Waals surface area (Å²) in [7, 11) is 0. The van der Waals surface area contributed by atoms with Crippen molar-refractivity contribution in [3.8, 4) is 0 Å². The first-order valence-corrected chi connectivity index (χ1v) is 14.6. The van der Waals surface area contributed by atoms with Crippen LogP contribution in [0.1, 0.15) is 72.2 Å². The van der Waals surface area contributed by atoms with Crippen LogP contribution in [-0.2, 0) is 42.9 Å². The molecule has 0 unspecified atom stereocenters. The molecule has 3 aliphatic carbocycles. The van der Waals surface area contributed by atoms with E-state index in [2.05, 4.69) is 4.98 Å². The normalized spacial score (nSPS) is 40.2. The fraction of sp³-hybridized carbons (Fsp3) is 0.625. The first-order valence-electron chi connectivity index (χ1n) is 14.6. The maximum atomic E-state index is 14.4. The van der Waals surface area contributed by atoms with E-state index in [9.17, 15) is 24.0 Å². The van der Waals surface area contributed by atoms with Gasteiger partial charge in [-0.15, -0.1) is 0 Å². The zero-order valence-corrected chi connectivity index (χ0v) is 25.7. The lowest BCUT2D eigenvalue weighted by molar-refractivity contribution is -0.154. The van der Waals surface area contributed by atoms with Crippen molar-refractivity contribution in [2.24, 2.45) is 29.1 Å². The van der Waals surface area contributed by atoms with Crippen LogP contribution < -0.4 is 0 Å². The van der Waals surface area contributed by atoms with Gasteiger partial charge in [0.15, 0.2) is 23.1 Å². The lowest BCUT2D eigenvalue weighted by Gasteiger charge is -2.30. The molecule has 11 heteroatoms. The second kappa shape index (κ2) is 10.5. The summed E-state index contributed by atoms with van der Waals surface area (Å²) in [6.07, 6.45) is 1.09. The van der Waals surface area contributed by atoms with Crippen LogP contribution >= 0.6 is 0 Å². The molecule has 0 aromatic carbocycles. The van der Waals surface area contributed by atoms with E-state index in [4.69, 9.17) is 23.7 Å². The zero-order valence-electron chi connectivity index (χ0n) is 25.7. The maximum absolute atomic E-state index is 14.4. The molecule has 0 bridgehead atoms. The average Bonchev–Trinajstić information content (AvgIpc) is 3.71. The fourth-order valence-corrected chi connectivity index (χ4v) is 7.87. The maximum Gasteiger partial charge on any atom is 0.340 e.